The Kier molecular flexibility index (Phi) is 6.90. The average Bonchev–Trinajstić information content (AvgIpc) is 2.72. The van der Waals surface area contributed by atoms with Gasteiger partial charge in [-0.2, -0.15) is 0 Å². The van der Waals surface area contributed by atoms with Gasteiger partial charge in [0.2, 0.25) is 0 Å². The van der Waals surface area contributed by atoms with Gasteiger partial charge in [-0.3, -0.25) is 0 Å². The van der Waals surface area contributed by atoms with Gasteiger partial charge in [0.05, 0.1) is 18.2 Å². The van der Waals surface area contributed by atoms with Crippen LogP contribution in [0.5, 0.6) is 0 Å². The molecule has 1 heterocycles. The minimum atomic E-state index is -0.577. The van der Waals surface area contributed by atoms with Gasteiger partial charge in [-0.15, -0.1) is 0 Å². The van der Waals surface area contributed by atoms with E-state index < -0.39 is 12.0 Å². The average molecular weight is 414 g/mol. The minimum absolute atomic E-state index is 0.00910. The molecule has 3 N–H and O–H groups in total. The number of urea groups is 1. The molecular weight excluding hydrogens is 390 g/mol. The molecule has 6 nitrogen and oxygen atoms in total. The van der Waals surface area contributed by atoms with Crippen LogP contribution in [0, 0.1) is 0 Å². The summed E-state index contributed by atoms with van der Waals surface area (Å²) in [5.41, 5.74) is 2.76. The highest BCUT2D eigenvalue weighted by molar-refractivity contribution is 6.30. The first-order valence-electron chi connectivity index (χ1n) is 9.51. The molecule has 0 saturated heterocycles. The second-order valence-corrected chi connectivity index (χ2v) is 7.15. The maximum absolute atomic E-state index is 12.7. The van der Waals surface area contributed by atoms with Crippen molar-refractivity contribution in [3.05, 3.63) is 82.0 Å². The van der Waals surface area contributed by atoms with E-state index in [1.807, 2.05) is 61.5 Å². The third-order valence-corrected chi connectivity index (χ3v) is 4.99. The fourth-order valence-electron chi connectivity index (χ4n) is 3.23. The first-order valence-corrected chi connectivity index (χ1v) is 9.88. The van der Waals surface area contributed by atoms with E-state index >= 15 is 0 Å². The van der Waals surface area contributed by atoms with Crippen molar-refractivity contribution in [3.63, 3.8) is 0 Å². The van der Waals surface area contributed by atoms with Crippen LogP contribution in [0.3, 0.4) is 0 Å². The number of amides is 2. The molecule has 0 spiro atoms. The number of carbonyl (C=O) groups is 2. The van der Waals surface area contributed by atoms with Gasteiger partial charge in [-0.1, -0.05) is 54.1 Å². The number of carbonyl (C=O) groups excluding carboxylic acids is 2. The Hall–Kier alpha value is -2.83. The van der Waals surface area contributed by atoms with Crippen molar-refractivity contribution in [1.82, 2.24) is 16.0 Å². The number of hydrogen-bond donors (Lipinski definition) is 3. The van der Waals surface area contributed by atoms with Crippen molar-refractivity contribution in [2.24, 2.45) is 0 Å². The molecule has 0 aliphatic carbocycles. The second kappa shape index (κ2) is 9.58. The highest BCUT2D eigenvalue weighted by Crippen LogP contribution is 2.28. The van der Waals surface area contributed by atoms with Crippen LogP contribution in [0.4, 0.5) is 4.79 Å². The lowest BCUT2D eigenvalue weighted by atomic mass is 9.95. The molecule has 0 saturated carbocycles. The van der Waals surface area contributed by atoms with Crippen LogP contribution in [0.2, 0.25) is 5.02 Å². The molecule has 0 aromatic heterocycles. The Morgan fingerprint density at radius 3 is 2.52 bits per heavy atom. The monoisotopic (exact) mass is 413 g/mol. The lowest BCUT2D eigenvalue weighted by Crippen LogP contribution is -2.48. The van der Waals surface area contributed by atoms with Crippen LogP contribution in [-0.2, 0) is 9.53 Å². The Labute approximate surface area is 175 Å². The number of halogens is 1. The van der Waals surface area contributed by atoms with Gasteiger partial charge in [0.25, 0.3) is 0 Å². The zero-order chi connectivity index (χ0) is 20.8. The van der Waals surface area contributed by atoms with Crippen molar-refractivity contribution in [2.45, 2.75) is 25.9 Å². The van der Waals surface area contributed by atoms with E-state index in [1.165, 1.54) is 0 Å². The van der Waals surface area contributed by atoms with Crippen molar-refractivity contribution < 1.29 is 14.3 Å². The maximum atomic E-state index is 12.7. The summed E-state index contributed by atoms with van der Waals surface area (Å²) in [6, 6.07) is 16.0. The van der Waals surface area contributed by atoms with E-state index in [9.17, 15) is 9.59 Å². The molecule has 7 heteroatoms. The molecule has 2 amide bonds. The first kappa shape index (κ1) is 20.9. The molecule has 152 valence electrons. The number of benzene rings is 2. The summed E-state index contributed by atoms with van der Waals surface area (Å²) >= 11 is 5.96. The highest BCUT2D eigenvalue weighted by Gasteiger charge is 2.33. The van der Waals surface area contributed by atoms with Crippen molar-refractivity contribution in [2.75, 3.05) is 13.2 Å². The Morgan fingerprint density at radius 1 is 1.17 bits per heavy atom. The summed E-state index contributed by atoms with van der Waals surface area (Å²) in [6.45, 7) is 4.31. The van der Waals surface area contributed by atoms with Crippen molar-refractivity contribution in [3.8, 4) is 0 Å². The normalized spacial score (nSPS) is 17.3. The number of esters is 1. The van der Waals surface area contributed by atoms with Crippen LogP contribution >= 0.6 is 11.6 Å². The smallest absolute Gasteiger partial charge is 0.338 e. The fraction of sp³-hybridized carbons (Fsp3) is 0.273. The first-order chi connectivity index (χ1) is 14.0. The number of hydrogen-bond acceptors (Lipinski definition) is 4. The largest absolute Gasteiger partial charge is 0.463 e. The molecule has 2 aromatic carbocycles. The fourth-order valence-corrected chi connectivity index (χ4v) is 3.35. The van der Waals surface area contributed by atoms with E-state index in [-0.39, 0.29) is 18.7 Å². The minimum Gasteiger partial charge on any atom is -0.463 e. The van der Waals surface area contributed by atoms with E-state index in [2.05, 4.69) is 16.0 Å². The SMILES string of the molecule is CCOC(=O)C1=C(CNC(C)c2ccc(Cl)cc2)NC(=O)NC1c1ccccc1. The highest BCUT2D eigenvalue weighted by atomic mass is 35.5. The van der Waals surface area contributed by atoms with Gasteiger partial charge in [0.15, 0.2) is 0 Å². The Bertz CT molecular complexity index is 897. The van der Waals surface area contributed by atoms with Crippen LogP contribution < -0.4 is 16.0 Å². The molecule has 29 heavy (non-hydrogen) atoms. The predicted molar refractivity (Wildman–Crippen MR) is 112 cm³/mol. The van der Waals surface area contributed by atoms with Crippen LogP contribution in [0.25, 0.3) is 0 Å². The van der Waals surface area contributed by atoms with Gasteiger partial charge < -0.3 is 20.7 Å². The molecule has 1 aliphatic heterocycles. The molecule has 1 aliphatic rings. The molecular formula is C22H24ClN3O3. The van der Waals surface area contributed by atoms with Gasteiger partial charge in [0, 0.05) is 23.3 Å². The lowest BCUT2D eigenvalue weighted by Gasteiger charge is -2.30. The summed E-state index contributed by atoms with van der Waals surface area (Å²) in [5, 5.41) is 9.62. The van der Waals surface area contributed by atoms with E-state index in [1.54, 1.807) is 6.92 Å². The van der Waals surface area contributed by atoms with Crippen molar-refractivity contribution >= 4 is 23.6 Å². The van der Waals surface area contributed by atoms with Crippen LogP contribution in [0.1, 0.15) is 37.1 Å². The summed E-state index contributed by atoms with van der Waals surface area (Å²) in [7, 11) is 0. The third-order valence-electron chi connectivity index (χ3n) is 4.74. The third kappa shape index (κ3) is 5.16. The van der Waals surface area contributed by atoms with Crippen LogP contribution in [0.15, 0.2) is 65.9 Å². The Balaban J connectivity index is 1.88. The van der Waals surface area contributed by atoms with E-state index in [0.717, 1.165) is 11.1 Å². The zero-order valence-corrected chi connectivity index (χ0v) is 17.1. The quantitative estimate of drug-likeness (QED) is 0.602. The molecule has 0 radical (unpaired) electrons. The number of ether oxygens (including phenoxy) is 1. The van der Waals surface area contributed by atoms with Crippen molar-refractivity contribution in [1.29, 1.82) is 0 Å². The molecule has 2 unspecified atom stereocenters. The second-order valence-electron chi connectivity index (χ2n) is 6.71. The van der Waals surface area contributed by atoms with E-state index in [4.69, 9.17) is 16.3 Å². The predicted octanol–water partition coefficient (Wildman–Crippen LogP) is 3.86. The Morgan fingerprint density at radius 2 is 1.86 bits per heavy atom. The summed E-state index contributed by atoms with van der Waals surface area (Å²) in [5.74, 6) is -0.454. The molecule has 2 atom stereocenters. The molecule has 2 aromatic rings. The molecule has 3 rings (SSSR count). The van der Waals surface area contributed by atoms with Crippen LogP contribution in [-0.4, -0.2) is 25.2 Å². The van der Waals surface area contributed by atoms with Gasteiger partial charge in [0.1, 0.15) is 0 Å². The van der Waals surface area contributed by atoms with Gasteiger partial charge >= 0.3 is 12.0 Å². The topological polar surface area (TPSA) is 79.5 Å². The van der Waals surface area contributed by atoms with E-state index in [0.29, 0.717) is 22.8 Å². The standard InChI is InChI=1S/C22H24ClN3O3/c1-3-29-21(27)19-18(13-24-14(2)15-9-11-17(23)12-10-15)25-22(28)26-20(19)16-7-5-4-6-8-16/h4-12,14,20,24H,3,13H2,1-2H3,(H2,25,26,28). The zero-order valence-electron chi connectivity index (χ0n) is 16.4. The van der Waals surface area contributed by atoms with Gasteiger partial charge in [-0.25, -0.2) is 9.59 Å². The summed E-state index contributed by atoms with van der Waals surface area (Å²) < 4.78 is 5.27. The molecule has 0 bridgehead atoms. The number of nitrogens with one attached hydrogen (secondary N) is 3. The van der Waals surface area contributed by atoms with Gasteiger partial charge in [-0.05, 0) is 37.1 Å². The maximum Gasteiger partial charge on any atom is 0.338 e. The summed E-state index contributed by atoms with van der Waals surface area (Å²) in [6.07, 6.45) is 0. The summed E-state index contributed by atoms with van der Waals surface area (Å²) in [4.78, 5) is 25.0. The molecule has 0 fully saturated rings. The number of rotatable bonds is 7. The lowest BCUT2D eigenvalue weighted by molar-refractivity contribution is -0.139.